The summed E-state index contributed by atoms with van der Waals surface area (Å²) in [5, 5.41) is 3.58. The second-order valence-corrected chi connectivity index (χ2v) is 6.32. The number of nitrogens with two attached hydrogens (primary N) is 1. The van der Waals surface area contributed by atoms with Crippen LogP contribution in [0.2, 0.25) is 0 Å². The van der Waals surface area contributed by atoms with Crippen molar-refractivity contribution in [2.24, 2.45) is 11.7 Å². The molecule has 0 aromatic heterocycles. The Labute approximate surface area is 118 Å². The van der Waals surface area contributed by atoms with Gasteiger partial charge in [0.15, 0.2) is 0 Å². The molecule has 1 atom stereocenters. The molecule has 0 saturated carbocycles. The van der Waals surface area contributed by atoms with Crippen molar-refractivity contribution in [1.82, 2.24) is 5.32 Å². The number of benzene rings is 1. The molecule has 0 heterocycles. The van der Waals surface area contributed by atoms with Crippen LogP contribution in [0.15, 0.2) is 18.2 Å². The van der Waals surface area contributed by atoms with Gasteiger partial charge in [-0.15, -0.1) is 0 Å². The summed E-state index contributed by atoms with van der Waals surface area (Å²) in [4.78, 5) is 0. The topological polar surface area (TPSA) is 38.0 Å². The third-order valence-corrected chi connectivity index (χ3v) is 4.20. The fourth-order valence-electron chi connectivity index (χ4n) is 2.25. The fourth-order valence-corrected chi connectivity index (χ4v) is 2.25. The number of aryl methyl sites for hydroxylation is 2. The zero-order valence-electron chi connectivity index (χ0n) is 13.2. The van der Waals surface area contributed by atoms with Crippen LogP contribution in [0.3, 0.4) is 0 Å². The Hall–Kier alpha value is -0.860. The lowest BCUT2D eigenvalue weighted by molar-refractivity contribution is 0.414. The van der Waals surface area contributed by atoms with Gasteiger partial charge in [-0.25, -0.2) is 0 Å². The van der Waals surface area contributed by atoms with Gasteiger partial charge in [-0.2, -0.15) is 0 Å². The molecule has 0 bridgehead atoms. The lowest BCUT2D eigenvalue weighted by Gasteiger charge is -2.27. The van der Waals surface area contributed by atoms with Gasteiger partial charge in [0, 0.05) is 12.0 Å². The maximum absolute atomic E-state index is 5.74. The van der Waals surface area contributed by atoms with E-state index in [9.17, 15) is 0 Å². The Morgan fingerprint density at radius 1 is 1.21 bits per heavy atom. The average Bonchev–Trinajstić information content (AvgIpc) is 2.37. The standard InChI is InChI=1S/C17H30N2/c1-6-15(10-18)11-19-12-17(4,5)16-8-7-13(2)14(3)9-16/h7-9,15,19H,6,10-12,18H2,1-5H3. The number of nitrogens with one attached hydrogen (secondary N) is 1. The Morgan fingerprint density at radius 3 is 2.42 bits per heavy atom. The third-order valence-electron chi connectivity index (χ3n) is 4.20. The summed E-state index contributed by atoms with van der Waals surface area (Å²) in [5.41, 5.74) is 10.0. The van der Waals surface area contributed by atoms with E-state index >= 15 is 0 Å². The summed E-state index contributed by atoms with van der Waals surface area (Å²) in [5.74, 6) is 0.593. The first-order chi connectivity index (χ1) is 8.90. The SMILES string of the molecule is CCC(CN)CNCC(C)(C)c1ccc(C)c(C)c1. The Morgan fingerprint density at radius 2 is 1.89 bits per heavy atom. The van der Waals surface area contributed by atoms with E-state index in [-0.39, 0.29) is 5.41 Å². The van der Waals surface area contributed by atoms with E-state index in [1.165, 1.54) is 16.7 Å². The van der Waals surface area contributed by atoms with Crippen LogP contribution in [0.25, 0.3) is 0 Å². The van der Waals surface area contributed by atoms with E-state index in [1.807, 2.05) is 0 Å². The minimum atomic E-state index is 0.158. The zero-order valence-corrected chi connectivity index (χ0v) is 13.2. The van der Waals surface area contributed by atoms with Crippen LogP contribution in [0.5, 0.6) is 0 Å². The Balaban J connectivity index is 2.62. The molecule has 2 nitrogen and oxygen atoms in total. The number of rotatable bonds is 7. The van der Waals surface area contributed by atoms with Crippen molar-refractivity contribution in [2.75, 3.05) is 19.6 Å². The van der Waals surface area contributed by atoms with Crippen molar-refractivity contribution in [3.05, 3.63) is 34.9 Å². The minimum absolute atomic E-state index is 0.158. The van der Waals surface area contributed by atoms with Gasteiger partial charge in [0.1, 0.15) is 0 Å². The highest BCUT2D eigenvalue weighted by atomic mass is 14.9. The molecule has 1 unspecified atom stereocenters. The summed E-state index contributed by atoms with van der Waals surface area (Å²) < 4.78 is 0. The van der Waals surface area contributed by atoms with Gasteiger partial charge >= 0.3 is 0 Å². The Kier molecular flexibility index (Phi) is 6.02. The molecule has 0 aliphatic heterocycles. The lowest BCUT2D eigenvalue weighted by Crippen LogP contribution is -2.37. The smallest absolute Gasteiger partial charge is 0.00433 e. The molecule has 108 valence electrons. The first-order valence-electron chi connectivity index (χ1n) is 7.39. The first kappa shape index (κ1) is 16.2. The van der Waals surface area contributed by atoms with Crippen LogP contribution in [-0.2, 0) is 5.41 Å². The van der Waals surface area contributed by atoms with Crippen molar-refractivity contribution >= 4 is 0 Å². The molecule has 1 aromatic rings. The van der Waals surface area contributed by atoms with E-state index < -0.39 is 0 Å². The molecule has 0 radical (unpaired) electrons. The summed E-state index contributed by atoms with van der Waals surface area (Å²) in [6, 6.07) is 6.79. The maximum atomic E-state index is 5.74. The summed E-state index contributed by atoms with van der Waals surface area (Å²) in [7, 11) is 0. The molecule has 1 rings (SSSR count). The largest absolute Gasteiger partial charge is 0.330 e. The van der Waals surface area contributed by atoms with E-state index in [2.05, 4.69) is 58.1 Å². The fraction of sp³-hybridized carbons (Fsp3) is 0.647. The molecule has 0 spiro atoms. The molecule has 0 saturated heterocycles. The lowest BCUT2D eigenvalue weighted by atomic mass is 9.83. The van der Waals surface area contributed by atoms with Crippen LogP contribution in [-0.4, -0.2) is 19.6 Å². The molecule has 2 heteroatoms. The molecule has 0 amide bonds. The summed E-state index contributed by atoms with van der Waals surface area (Å²) in [6.45, 7) is 13.9. The van der Waals surface area contributed by atoms with Crippen LogP contribution in [0.1, 0.15) is 43.9 Å². The second-order valence-electron chi connectivity index (χ2n) is 6.32. The predicted octanol–water partition coefficient (Wildman–Crippen LogP) is 3.16. The van der Waals surface area contributed by atoms with Crippen LogP contribution < -0.4 is 11.1 Å². The molecule has 0 aliphatic carbocycles. The third kappa shape index (κ3) is 4.63. The van der Waals surface area contributed by atoms with Crippen LogP contribution in [0.4, 0.5) is 0 Å². The zero-order chi connectivity index (χ0) is 14.5. The maximum Gasteiger partial charge on any atom is 0.00433 e. The normalized spacial score (nSPS) is 13.6. The quantitative estimate of drug-likeness (QED) is 0.792. The highest BCUT2D eigenvalue weighted by Gasteiger charge is 2.20. The van der Waals surface area contributed by atoms with Gasteiger partial charge in [-0.3, -0.25) is 0 Å². The van der Waals surface area contributed by atoms with Gasteiger partial charge in [-0.05, 0) is 49.5 Å². The molecule has 19 heavy (non-hydrogen) atoms. The van der Waals surface area contributed by atoms with Crippen LogP contribution in [0, 0.1) is 19.8 Å². The van der Waals surface area contributed by atoms with E-state index in [0.717, 1.165) is 26.1 Å². The van der Waals surface area contributed by atoms with Gasteiger partial charge in [0.2, 0.25) is 0 Å². The number of hydrogen-bond acceptors (Lipinski definition) is 2. The van der Waals surface area contributed by atoms with Gasteiger partial charge in [0.25, 0.3) is 0 Å². The van der Waals surface area contributed by atoms with Crippen molar-refractivity contribution in [2.45, 2.75) is 46.5 Å². The second kappa shape index (κ2) is 7.06. The molecule has 0 fully saturated rings. The first-order valence-corrected chi connectivity index (χ1v) is 7.39. The highest BCUT2D eigenvalue weighted by Crippen LogP contribution is 2.24. The molecule has 1 aromatic carbocycles. The molecular weight excluding hydrogens is 232 g/mol. The minimum Gasteiger partial charge on any atom is -0.330 e. The van der Waals surface area contributed by atoms with Crippen molar-refractivity contribution < 1.29 is 0 Å². The van der Waals surface area contributed by atoms with Crippen molar-refractivity contribution in [3.8, 4) is 0 Å². The molecular formula is C17H30N2. The highest BCUT2D eigenvalue weighted by molar-refractivity contribution is 5.34. The van der Waals surface area contributed by atoms with E-state index in [4.69, 9.17) is 5.73 Å². The van der Waals surface area contributed by atoms with Gasteiger partial charge in [0.05, 0.1) is 0 Å². The van der Waals surface area contributed by atoms with E-state index in [1.54, 1.807) is 0 Å². The summed E-state index contributed by atoms with van der Waals surface area (Å²) >= 11 is 0. The van der Waals surface area contributed by atoms with Gasteiger partial charge < -0.3 is 11.1 Å². The van der Waals surface area contributed by atoms with Crippen LogP contribution >= 0.6 is 0 Å². The van der Waals surface area contributed by atoms with Gasteiger partial charge in [-0.1, -0.05) is 45.4 Å². The number of hydrogen-bond donors (Lipinski definition) is 2. The summed E-state index contributed by atoms with van der Waals surface area (Å²) in [6.07, 6.45) is 1.15. The molecule has 3 N–H and O–H groups in total. The Bertz CT molecular complexity index is 392. The molecule has 0 aliphatic rings. The van der Waals surface area contributed by atoms with Crippen molar-refractivity contribution in [1.29, 1.82) is 0 Å². The monoisotopic (exact) mass is 262 g/mol. The van der Waals surface area contributed by atoms with Crippen molar-refractivity contribution in [3.63, 3.8) is 0 Å². The van der Waals surface area contributed by atoms with E-state index in [0.29, 0.717) is 5.92 Å². The predicted molar refractivity (Wildman–Crippen MR) is 84.6 cm³/mol. The average molecular weight is 262 g/mol.